The Morgan fingerprint density at radius 3 is 2.91 bits per heavy atom. The van der Waals surface area contributed by atoms with Crippen LogP contribution in [0.25, 0.3) is 5.65 Å². The molecule has 0 radical (unpaired) electrons. The van der Waals surface area contributed by atoms with Crippen LogP contribution in [-0.2, 0) is 0 Å². The molecule has 0 bridgehead atoms. The number of thiophene rings is 1. The van der Waals surface area contributed by atoms with E-state index in [-0.39, 0.29) is 11.9 Å². The largest absolute Gasteiger partial charge is 0.329 e. The first-order valence-electron chi connectivity index (χ1n) is 7.32. The number of hydrogen-bond donors (Lipinski definition) is 0. The lowest BCUT2D eigenvalue weighted by Crippen LogP contribution is -2.45. The number of carbonyl (C=O) groups is 1. The highest BCUT2D eigenvalue weighted by Crippen LogP contribution is 2.36. The summed E-state index contributed by atoms with van der Waals surface area (Å²) in [5, 5.41) is 6.43. The van der Waals surface area contributed by atoms with Gasteiger partial charge in [0.1, 0.15) is 5.69 Å². The average molecular weight is 312 g/mol. The molecule has 1 saturated heterocycles. The van der Waals surface area contributed by atoms with Crippen molar-refractivity contribution in [3.63, 3.8) is 0 Å². The smallest absolute Gasteiger partial charge is 0.273 e. The van der Waals surface area contributed by atoms with Gasteiger partial charge in [0.2, 0.25) is 0 Å². The van der Waals surface area contributed by atoms with Crippen molar-refractivity contribution in [2.75, 3.05) is 6.54 Å². The number of carbonyl (C=O) groups excluding carboxylic acids is 1. The van der Waals surface area contributed by atoms with Gasteiger partial charge >= 0.3 is 0 Å². The maximum absolute atomic E-state index is 12.8. The Labute approximate surface area is 132 Å². The van der Waals surface area contributed by atoms with Gasteiger partial charge in [0.05, 0.1) is 11.7 Å². The van der Waals surface area contributed by atoms with Crippen molar-refractivity contribution in [3.05, 3.63) is 51.6 Å². The summed E-state index contributed by atoms with van der Waals surface area (Å²) in [6.07, 6.45) is 1.03. The quantitative estimate of drug-likeness (QED) is 0.731. The molecule has 3 aromatic rings. The van der Waals surface area contributed by atoms with Gasteiger partial charge < -0.3 is 4.90 Å². The number of rotatable bonds is 2. The number of aryl methyl sites for hydroxylation is 2. The van der Waals surface area contributed by atoms with Crippen LogP contribution >= 0.6 is 11.3 Å². The number of aromatic nitrogens is 3. The fourth-order valence-electron chi connectivity index (χ4n) is 2.90. The Hall–Kier alpha value is -2.21. The summed E-state index contributed by atoms with van der Waals surface area (Å²) in [4.78, 5) is 20.4. The number of likely N-dealkylation sites (tertiary alicyclic amines) is 1. The minimum Gasteiger partial charge on any atom is -0.329 e. The molecular formula is C16H16N4OS. The van der Waals surface area contributed by atoms with Gasteiger partial charge in [0, 0.05) is 23.2 Å². The zero-order valence-corrected chi connectivity index (χ0v) is 13.3. The topological polar surface area (TPSA) is 50.5 Å². The van der Waals surface area contributed by atoms with Crippen LogP contribution in [0.1, 0.15) is 39.2 Å². The maximum Gasteiger partial charge on any atom is 0.273 e. The third-order valence-electron chi connectivity index (χ3n) is 4.10. The molecule has 4 rings (SSSR count). The van der Waals surface area contributed by atoms with E-state index in [0.717, 1.165) is 30.0 Å². The minimum atomic E-state index is 0.00843. The summed E-state index contributed by atoms with van der Waals surface area (Å²) >= 11 is 1.70. The summed E-state index contributed by atoms with van der Waals surface area (Å²) in [6.45, 7) is 4.67. The molecule has 4 heterocycles. The monoisotopic (exact) mass is 312 g/mol. The van der Waals surface area contributed by atoms with E-state index >= 15 is 0 Å². The summed E-state index contributed by atoms with van der Waals surface area (Å²) in [5.41, 5.74) is 3.07. The van der Waals surface area contributed by atoms with Crippen molar-refractivity contribution >= 4 is 22.9 Å². The fourth-order valence-corrected chi connectivity index (χ4v) is 3.78. The zero-order chi connectivity index (χ0) is 15.3. The lowest BCUT2D eigenvalue weighted by atomic mass is 10.0. The molecule has 22 heavy (non-hydrogen) atoms. The van der Waals surface area contributed by atoms with Crippen molar-refractivity contribution in [1.82, 2.24) is 19.5 Å². The number of fused-ring (bicyclic) bond motifs is 1. The second-order valence-corrected chi connectivity index (χ2v) is 6.64. The SMILES string of the molecule is Cc1cc2nc(C(=O)N3CCC3c3cccs3)cc(C)n2n1. The molecule has 1 fully saturated rings. The summed E-state index contributed by atoms with van der Waals surface area (Å²) in [5.74, 6) is 0.00843. The van der Waals surface area contributed by atoms with Gasteiger partial charge in [0.15, 0.2) is 5.65 Å². The Bertz CT molecular complexity index is 853. The van der Waals surface area contributed by atoms with Crippen LogP contribution in [0.2, 0.25) is 0 Å². The van der Waals surface area contributed by atoms with Gasteiger partial charge in [-0.25, -0.2) is 9.50 Å². The third-order valence-corrected chi connectivity index (χ3v) is 5.07. The number of hydrogen-bond acceptors (Lipinski definition) is 4. The van der Waals surface area contributed by atoms with E-state index < -0.39 is 0 Å². The van der Waals surface area contributed by atoms with E-state index in [1.807, 2.05) is 36.9 Å². The molecule has 1 aliphatic rings. The second kappa shape index (κ2) is 4.91. The van der Waals surface area contributed by atoms with Crippen molar-refractivity contribution in [2.24, 2.45) is 0 Å². The van der Waals surface area contributed by atoms with Crippen LogP contribution in [0.4, 0.5) is 0 Å². The minimum absolute atomic E-state index is 0.00843. The highest BCUT2D eigenvalue weighted by Gasteiger charge is 2.35. The van der Waals surface area contributed by atoms with E-state index in [0.29, 0.717) is 5.69 Å². The lowest BCUT2D eigenvalue weighted by molar-refractivity contribution is 0.0462. The van der Waals surface area contributed by atoms with Gasteiger partial charge in [-0.2, -0.15) is 5.10 Å². The van der Waals surface area contributed by atoms with Crippen LogP contribution in [0.3, 0.4) is 0 Å². The molecule has 5 nitrogen and oxygen atoms in total. The highest BCUT2D eigenvalue weighted by atomic mass is 32.1. The molecule has 1 atom stereocenters. The van der Waals surface area contributed by atoms with E-state index in [1.54, 1.807) is 15.9 Å². The Morgan fingerprint density at radius 2 is 2.23 bits per heavy atom. The van der Waals surface area contributed by atoms with Crippen LogP contribution in [0.5, 0.6) is 0 Å². The molecule has 112 valence electrons. The standard InChI is InChI=1S/C16H16N4OS/c1-10-8-15-17-12(9-11(2)20(15)18-10)16(21)19-6-5-13(19)14-4-3-7-22-14/h3-4,7-9,13H,5-6H2,1-2H3. The molecule has 1 unspecified atom stereocenters. The van der Waals surface area contributed by atoms with Crippen LogP contribution < -0.4 is 0 Å². The van der Waals surface area contributed by atoms with E-state index in [4.69, 9.17) is 0 Å². The van der Waals surface area contributed by atoms with Gasteiger partial charge in [-0.3, -0.25) is 4.79 Å². The predicted molar refractivity (Wildman–Crippen MR) is 85.2 cm³/mol. The highest BCUT2D eigenvalue weighted by molar-refractivity contribution is 7.10. The Balaban J connectivity index is 1.68. The number of amides is 1. The summed E-state index contributed by atoms with van der Waals surface area (Å²) < 4.78 is 1.78. The second-order valence-electron chi connectivity index (χ2n) is 5.66. The first-order valence-corrected chi connectivity index (χ1v) is 8.20. The molecule has 1 amide bonds. The lowest BCUT2D eigenvalue weighted by Gasteiger charge is -2.40. The van der Waals surface area contributed by atoms with Gasteiger partial charge in [-0.05, 0) is 37.8 Å². The molecule has 1 aliphatic heterocycles. The molecule has 0 N–H and O–H groups in total. The van der Waals surface area contributed by atoms with Crippen LogP contribution in [-0.4, -0.2) is 31.9 Å². The number of nitrogens with zero attached hydrogens (tertiary/aromatic N) is 4. The zero-order valence-electron chi connectivity index (χ0n) is 12.5. The molecule has 0 saturated carbocycles. The van der Waals surface area contributed by atoms with Crippen molar-refractivity contribution in [2.45, 2.75) is 26.3 Å². The van der Waals surface area contributed by atoms with Gasteiger partial charge in [-0.15, -0.1) is 11.3 Å². The maximum atomic E-state index is 12.8. The molecule has 0 aromatic carbocycles. The summed E-state index contributed by atoms with van der Waals surface area (Å²) in [7, 11) is 0. The third kappa shape index (κ3) is 2.02. The van der Waals surface area contributed by atoms with E-state index in [2.05, 4.69) is 21.5 Å². The summed E-state index contributed by atoms with van der Waals surface area (Å²) in [6, 6.07) is 8.06. The van der Waals surface area contributed by atoms with Gasteiger partial charge in [-0.1, -0.05) is 6.07 Å². The van der Waals surface area contributed by atoms with Crippen LogP contribution in [0, 0.1) is 13.8 Å². The van der Waals surface area contributed by atoms with E-state index in [1.165, 1.54) is 4.88 Å². The first-order chi connectivity index (χ1) is 10.6. The molecule has 6 heteroatoms. The normalized spacial score (nSPS) is 17.7. The van der Waals surface area contributed by atoms with Crippen molar-refractivity contribution in [1.29, 1.82) is 0 Å². The molecule has 3 aromatic heterocycles. The average Bonchev–Trinajstić information content (AvgIpc) is 3.06. The van der Waals surface area contributed by atoms with E-state index in [9.17, 15) is 4.79 Å². The first kappa shape index (κ1) is 13.5. The fraction of sp³-hybridized carbons (Fsp3) is 0.312. The van der Waals surface area contributed by atoms with Crippen molar-refractivity contribution in [3.8, 4) is 0 Å². The van der Waals surface area contributed by atoms with Crippen LogP contribution in [0.15, 0.2) is 29.6 Å². The Morgan fingerprint density at radius 1 is 1.36 bits per heavy atom. The predicted octanol–water partition coefficient (Wildman–Crippen LogP) is 2.99. The molecule has 0 aliphatic carbocycles. The Kier molecular flexibility index (Phi) is 3.00. The van der Waals surface area contributed by atoms with Gasteiger partial charge in [0.25, 0.3) is 5.91 Å². The molecular weight excluding hydrogens is 296 g/mol. The molecule has 0 spiro atoms. The van der Waals surface area contributed by atoms with Crippen molar-refractivity contribution < 1.29 is 4.79 Å².